The van der Waals surface area contributed by atoms with Crippen LogP contribution in [0.2, 0.25) is 36.3 Å². The zero-order valence-corrected chi connectivity index (χ0v) is 41.6. The highest BCUT2D eigenvalue weighted by atomic mass is 28.4. The number of amides is 4. The standard InChI is InChI=1S/C45H64N4O14Si2/c1-44(2,3)64(9,10)62-40-36-22-28(50)26-46(36)38(52)32-24-30(56-7)16-18-34(32)48(40)42(54)60-58-20-14-13-15-21-59-61-43(55)49-35-19-17-31(57-8)25-33(35)39(53)47-27-29(51)23-37(47)41(49)63-65(11,12)45(4,5)6/h16-19,24-25,36-37,40-41H,13-15,20-23,26-27H2,1-12H3. The molecule has 4 atom stereocenters. The Balaban J connectivity index is 1.09. The van der Waals surface area contributed by atoms with Crippen molar-refractivity contribution in [3.63, 3.8) is 0 Å². The van der Waals surface area contributed by atoms with Gasteiger partial charge in [0.25, 0.3) is 11.8 Å². The fourth-order valence-corrected chi connectivity index (χ4v) is 10.2. The van der Waals surface area contributed by atoms with Gasteiger partial charge in [-0.05, 0) is 91.9 Å². The van der Waals surface area contributed by atoms with Gasteiger partial charge < -0.3 is 28.1 Å². The molecule has 65 heavy (non-hydrogen) atoms. The molecule has 6 rings (SSSR count). The van der Waals surface area contributed by atoms with Crippen LogP contribution in [0.25, 0.3) is 0 Å². The smallest absolute Gasteiger partial charge is 0.447 e. The van der Waals surface area contributed by atoms with Crippen LogP contribution in [0.3, 0.4) is 0 Å². The van der Waals surface area contributed by atoms with Crippen molar-refractivity contribution in [2.24, 2.45) is 0 Å². The van der Waals surface area contributed by atoms with Crippen molar-refractivity contribution in [2.75, 3.05) is 50.3 Å². The molecule has 2 fully saturated rings. The molecule has 0 bridgehead atoms. The molecule has 0 saturated carbocycles. The highest BCUT2D eigenvalue weighted by Crippen LogP contribution is 2.45. The van der Waals surface area contributed by atoms with Gasteiger partial charge in [-0.1, -0.05) is 41.5 Å². The second-order valence-electron chi connectivity index (χ2n) is 19.9. The number of ether oxygens (including phenoxy) is 2. The molecular weight excluding hydrogens is 877 g/mol. The van der Waals surface area contributed by atoms with Crippen LogP contribution in [0.4, 0.5) is 21.0 Å². The Morgan fingerprint density at radius 1 is 0.600 bits per heavy atom. The van der Waals surface area contributed by atoms with E-state index in [0.29, 0.717) is 30.8 Å². The quantitative estimate of drug-likeness (QED) is 0.0779. The fourth-order valence-electron chi connectivity index (χ4n) is 7.75. The summed E-state index contributed by atoms with van der Waals surface area (Å²) >= 11 is 0. The van der Waals surface area contributed by atoms with Gasteiger partial charge in [0.05, 0.1) is 75.1 Å². The summed E-state index contributed by atoms with van der Waals surface area (Å²) in [7, 11) is -2.30. The van der Waals surface area contributed by atoms with Crippen molar-refractivity contribution in [2.45, 2.75) is 134 Å². The average molecular weight is 941 g/mol. The predicted octanol–water partition coefficient (Wildman–Crippen LogP) is 7.61. The molecule has 2 aromatic carbocycles. The lowest BCUT2D eigenvalue weighted by Gasteiger charge is -2.44. The van der Waals surface area contributed by atoms with Gasteiger partial charge in [0.2, 0.25) is 0 Å². The third-order valence-electron chi connectivity index (χ3n) is 13.5. The molecule has 0 N–H and O–H groups in total. The van der Waals surface area contributed by atoms with Gasteiger partial charge in [-0.15, -0.1) is 0 Å². The van der Waals surface area contributed by atoms with Gasteiger partial charge in [-0.3, -0.25) is 29.0 Å². The number of benzene rings is 2. The molecule has 4 amide bonds. The van der Waals surface area contributed by atoms with Gasteiger partial charge in [0.15, 0.2) is 40.7 Å². The first-order chi connectivity index (χ1) is 30.4. The van der Waals surface area contributed by atoms with Crippen molar-refractivity contribution in [1.29, 1.82) is 0 Å². The average Bonchev–Trinajstić information content (AvgIpc) is 3.78. The maximum Gasteiger partial charge on any atom is 0.447 e. The van der Waals surface area contributed by atoms with Gasteiger partial charge in [0, 0.05) is 12.8 Å². The monoisotopic (exact) mass is 940 g/mol. The van der Waals surface area contributed by atoms with Crippen LogP contribution in [0.15, 0.2) is 36.4 Å². The van der Waals surface area contributed by atoms with Crippen molar-refractivity contribution in [1.82, 2.24) is 9.80 Å². The number of anilines is 2. The number of methoxy groups -OCH3 is 2. The van der Waals surface area contributed by atoms with E-state index in [9.17, 15) is 28.8 Å². The molecule has 2 saturated heterocycles. The van der Waals surface area contributed by atoms with E-state index in [2.05, 4.69) is 41.5 Å². The summed E-state index contributed by atoms with van der Waals surface area (Å²) in [6, 6.07) is 8.00. The maximum atomic E-state index is 14.1. The number of hydrogen-bond donors (Lipinski definition) is 0. The Morgan fingerprint density at radius 2 is 0.969 bits per heavy atom. The molecule has 356 valence electrons. The number of ketones is 2. The minimum absolute atomic E-state index is 0.000691. The zero-order valence-electron chi connectivity index (χ0n) is 39.6. The maximum absolute atomic E-state index is 14.1. The molecule has 0 radical (unpaired) electrons. The summed E-state index contributed by atoms with van der Waals surface area (Å²) < 4.78 is 24.5. The van der Waals surface area contributed by atoms with Gasteiger partial charge >= 0.3 is 12.2 Å². The largest absolute Gasteiger partial charge is 0.497 e. The number of carbonyl (C=O) groups is 6. The molecule has 20 heteroatoms. The lowest BCUT2D eigenvalue weighted by molar-refractivity contribution is -0.242. The Kier molecular flexibility index (Phi) is 14.6. The number of carbonyl (C=O) groups excluding carboxylic acids is 6. The fraction of sp³-hybridized carbons (Fsp3) is 0.600. The first-order valence-electron chi connectivity index (χ1n) is 22.0. The van der Waals surface area contributed by atoms with E-state index in [-0.39, 0.29) is 83.3 Å². The van der Waals surface area contributed by atoms with Crippen LogP contribution in [0, 0.1) is 0 Å². The molecule has 18 nitrogen and oxygen atoms in total. The number of hydrogen-bond acceptors (Lipinski definition) is 14. The van der Waals surface area contributed by atoms with E-state index >= 15 is 0 Å². The third kappa shape index (κ3) is 10.3. The summed E-state index contributed by atoms with van der Waals surface area (Å²) in [5.74, 6) is -0.353. The summed E-state index contributed by atoms with van der Waals surface area (Å²) in [6.07, 6.45) is -2.56. The summed E-state index contributed by atoms with van der Waals surface area (Å²) in [5.41, 5.74) is 0.796. The highest BCUT2D eigenvalue weighted by Gasteiger charge is 2.54. The van der Waals surface area contributed by atoms with Crippen LogP contribution < -0.4 is 19.3 Å². The molecule has 4 aliphatic rings. The molecule has 4 unspecified atom stereocenters. The first kappa shape index (κ1) is 49.6. The molecule has 0 aromatic heterocycles. The van der Waals surface area contributed by atoms with Crippen LogP contribution in [0.5, 0.6) is 11.5 Å². The predicted molar refractivity (Wildman–Crippen MR) is 243 cm³/mol. The van der Waals surface area contributed by atoms with Crippen LogP contribution >= 0.6 is 0 Å². The second-order valence-corrected chi connectivity index (χ2v) is 29.4. The Morgan fingerprint density at radius 3 is 1.31 bits per heavy atom. The molecule has 0 spiro atoms. The number of fused-ring (bicyclic) bond motifs is 4. The number of Topliss-reactive ketones (excluding diaryl/α,β-unsaturated/α-hetero) is 2. The van der Waals surface area contributed by atoms with Gasteiger partial charge in [-0.25, -0.2) is 19.4 Å². The molecular formula is C45H64N4O14Si2. The number of unbranched alkanes of at least 4 members (excludes halogenated alkanes) is 2. The number of nitrogens with zero attached hydrogens (tertiary/aromatic N) is 4. The van der Waals surface area contributed by atoms with E-state index in [1.807, 2.05) is 26.2 Å². The SMILES string of the molecule is COc1ccc2c(c1)C(=O)N1CC(=O)CC1C(O[Si](C)(C)C(C)(C)C)N2C(=O)OOCCCCCOOC(=O)N1c2ccc(OC)cc2C(=O)N2CC(=O)CC2C1O[Si](C)(C)C(C)(C)C. The van der Waals surface area contributed by atoms with E-state index in [1.54, 1.807) is 24.3 Å². The zero-order chi connectivity index (χ0) is 47.8. The van der Waals surface area contributed by atoms with Crippen molar-refractivity contribution >= 4 is 63.6 Å². The van der Waals surface area contributed by atoms with Crippen LogP contribution in [-0.4, -0.2) is 127 Å². The molecule has 4 aliphatic heterocycles. The van der Waals surface area contributed by atoms with Crippen molar-refractivity contribution in [3.8, 4) is 11.5 Å². The van der Waals surface area contributed by atoms with Gasteiger partial charge in [-0.2, -0.15) is 9.78 Å². The van der Waals surface area contributed by atoms with Gasteiger partial charge in [0.1, 0.15) is 11.5 Å². The molecule has 4 heterocycles. The van der Waals surface area contributed by atoms with Crippen molar-refractivity contribution in [3.05, 3.63) is 47.5 Å². The van der Waals surface area contributed by atoms with E-state index < -0.39 is 65.2 Å². The number of rotatable bonds is 14. The highest BCUT2D eigenvalue weighted by molar-refractivity contribution is 6.74. The Bertz CT molecular complexity index is 2020. The molecule has 0 aliphatic carbocycles. The second kappa shape index (κ2) is 19.2. The Labute approximate surface area is 382 Å². The minimum atomic E-state index is -2.62. The first-order valence-corrected chi connectivity index (χ1v) is 27.8. The topological polar surface area (TPSA) is 189 Å². The summed E-state index contributed by atoms with van der Waals surface area (Å²) in [4.78, 5) is 109. The van der Waals surface area contributed by atoms with E-state index in [0.717, 1.165) is 0 Å². The normalized spacial score (nSPS) is 21.4. The van der Waals surface area contributed by atoms with E-state index in [4.69, 9.17) is 37.9 Å². The third-order valence-corrected chi connectivity index (χ3v) is 22.4. The minimum Gasteiger partial charge on any atom is -0.497 e. The van der Waals surface area contributed by atoms with Crippen molar-refractivity contribution < 1.29 is 66.6 Å². The van der Waals surface area contributed by atoms with E-state index in [1.165, 1.54) is 46.0 Å². The Hall–Kier alpha value is -4.87. The summed E-state index contributed by atoms with van der Waals surface area (Å²) in [6.45, 7) is 20.2. The molecule has 2 aromatic rings. The summed E-state index contributed by atoms with van der Waals surface area (Å²) in [5, 5.41) is -0.552. The lowest BCUT2D eigenvalue weighted by atomic mass is 10.1. The van der Waals surface area contributed by atoms with Crippen LogP contribution in [0.1, 0.15) is 94.4 Å². The lowest BCUT2D eigenvalue weighted by Crippen LogP contribution is -2.58. The van der Waals surface area contributed by atoms with Crippen LogP contribution in [-0.2, 0) is 38.0 Å².